The van der Waals surface area contributed by atoms with Gasteiger partial charge in [0.1, 0.15) is 0 Å². The van der Waals surface area contributed by atoms with Gasteiger partial charge in [-0.1, -0.05) is 0 Å². The van der Waals surface area contributed by atoms with Crippen molar-refractivity contribution in [3.63, 3.8) is 0 Å². The summed E-state index contributed by atoms with van der Waals surface area (Å²) in [6.07, 6.45) is 6.43. The molecule has 1 saturated carbocycles. The van der Waals surface area contributed by atoms with Crippen LogP contribution < -0.4 is 5.32 Å². The van der Waals surface area contributed by atoms with Crippen LogP contribution in [0.2, 0.25) is 0 Å². The number of rotatable bonds is 6. The molecule has 1 saturated heterocycles. The van der Waals surface area contributed by atoms with Gasteiger partial charge >= 0.3 is 6.03 Å². The Bertz CT molecular complexity index is 468. The Hall–Kier alpha value is -1.62. The molecular formula is C16H24N4O. The number of hydrogen-bond acceptors (Lipinski definition) is 3. The smallest absolute Gasteiger partial charge is 0.317 e. The highest BCUT2D eigenvalue weighted by Gasteiger charge is 2.36. The molecule has 0 bridgehead atoms. The zero-order chi connectivity index (χ0) is 14.7. The fraction of sp³-hybridized carbons (Fsp3) is 0.625. The molecule has 2 aliphatic rings. The number of nitrogens with one attached hydrogen (secondary N) is 1. The molecule has 114 valence electrons. The van der Waals surface area contributed by atoms with Crippen LogP contribution in [0.5, 0.6) is 0 Å². The normalized spacial score (nSPS) is 18.7. The molecule has 0 aromatic carbocycles. The molecule has 0 atom stereocenters. The van der Waals surface area contributed by atoms with Crippen LogP contribution in [-0.2, 0) is 6.54 Å². The van der Waals surface area contributed by atoms with Gasteiger partial charge in [0.25, 0.3) is 0 Å². The number of likely N-dealkylation sites (tertiary alicyclic amines) is 1. The topological polar surface area (TPSA) is 48.5 Å². The second-order valence-electron chi connectivity index (χ2n) is 6.12. The Morgan fingerprint density at radius 2 is 2.10 bits per heavy atom. The third kappa shape index (κ3) is 3.73. The average Bonchev–Trinajstić information content (AvgIpc) is 3.22. The lowest BCUT2D eigenvalue weighted by Crippen LogP contribution is -2.63. The molecule has 2 amide bonds. The predicted octanol–water partition coefficient (Wildman–Crippen LogP) is 1.71. The number of carbonyl (C=O) groups excluding carboxylic acids is 1. The lowest BCUT2D eigenvalue weighted by Gasteiger charge is -2.45. The van der Waals surface area contributed by atoms with Gasteiger partial charge in [0.15, 0.2) is 0 Å². The summed E-state index contributed by atoms with van der Waals surface area (Å²) in [4.78, 5) is 20.3. The molecule has 1 aliphatic carbocycles. The first-order chi connectivity index (χ1) is 10.3. The van der Waals surface area contributed by atoms with Crippen LogP contribution in [-0.4, -0.2) is 53.0 Å². The highest BCUT2D eigenvalue weighted by atomic mass is 16.2. The number of aromatic nitrogens is 1. The lowest BCUT2D eigenvalue weighted by molar-refractivity contribution is 0.0487. The molecular weight excluding hydrogens is 264 g/mol. The summed E-state index contributed by atoms with van der Waals surface area (Å²) in [5, 5.41) is 2.87. The summed E-state index contributed by atoms with van der Waals surface area (Å²) in [5.41, 5.74) is 1.31. The van der Waals surface area contributed by atoms with Crippen LogP contribution >= 0.6 is 0 Å². The van der Waals surface area contributed by atoms with E-state index in [4.69, 9.17) is 0 Å². The van der Waals surface area contributed by atoms with Gasteiger partial charge in [-0.25, -0.2) is 4.79 Å². The summed E-state index contributed by atoms with van der Waals surface area (Å²) < 4.78 is 0. The average molecular weight is 288 g/mol. The van der Waals surface area contributed by atoms with Crippen molar-refractivity contribution in [2.75, 3.05) is 26.2 Å². The van der Waals surface area contributed by atoms with Crippen LogP contribution in [0.15, 0.2) is 24.5 Å². The highest BCUT2D eigenvalue weighted by Crippen LogP contribution is 2.32. The van der Waals surface area contributed by atoms with Crippen molar-refractivity contribution in [3.05, 3.63) is 30.1 Å². The summed E-state index contributed by atoms with van der Waals surface area (Å²) in [7, 11) is 0. The molecule has 2 heterocycles. The van der Waals surface area contributed by atoms with Crippen molar-refractivity contribution in [2.45, 2.75) is 32.4 Å². The van der Waals surface area contributed by atoms with Gasteiger partial charge in [-0.2, -0.15) is 0 Å². The maximum absolute atomic E-state index is 11.8. The molecule has 1 aromatic heterocycles. The summed E-state index contributed by atoms with van der Waals surface area (Å²) >= 11 is 0. The molecule has 0 unspecified atom stereocenters. The first kappa shape index (κ1) is 14.3. The van der Waals surface area contributed by atoms with Gasteiger partial charge in [0.05, 0.1) is 0 Å². The second-order valence-corrected chi connectivity index (χ2v) is 6.12. The highest BCUT2D eigenvalue weighted by molar-refractivity contribution is 5.75. The number of pyridine rings is 1. The van der Waals surface area contributed by atoms with Crippen LogP contribution in [0.4, 0.5) is 4.79 Å². The van der Waals surface area contributed by atoms with Crippen LogP contribution in [0.25, 0.3) is 0 Å². The van der Waals surface area contributed by atoms with E-state index in [-0.39, 0.29) is 6.03 Å². The van der Waals surface area contributed by atoms with Gasteiger partial charge in [-0.05, 0) is 43.4 Å². The van der Waals surface area contributed by atoms with Gasteiger partial charge in [-0.3, -0.25) is 9.88 Å². The zero-order valence-corrected chi connectivity index (χ0v) is 12.7. The maximum Gasteiger partial charge on any atom is 0.317 e. The fourth-order valence-electron chi connectivity index (χ4n) is 2.81. The van der Waals surface area contributed by atoms with E-state index in [1.165, 1.54) is 18.4 Å². The molecule has 0 spiro atoms. The Morgan fingerprint density at radius 1 is 1.38 bits per heavy atom. The number of urea groups is 1. The van der Waals surface area contributed by atoms with E-state index in [1.807, 2.05) is 24.2 Å². The molecule has 1 aliphatic heterocycles. The predicted molar refractivity (Wildman–Crippen MR) is 81.8 cm³/mol. The minimum atomic E-state index is 0.0732. The SMILES string of the molecule is CCNC(=O)N1CC(N(Cc2ccncc2)CC2CC2)C1. The molecule has 2 fully saturated rings. The summed E-state index contributed by atoms with van der Waals surface area (Å²) in [6, 6.07) is 4.74. The lowest BCUT2D eigenvalue weighted by atomic mass is 10.1. The molecule has 0 radical (unpaired) electrons. The van der Waals surface area contributed by atoms with Gasteiger partial charge < -0.3 is 10.2 Å². The minimum absolute atomic E-state index is 0.0732. The summed E-state index contributed by atoms with van der Waals surface area (Å²) in [6.45, 7) is 6.48. The Balaban J connectivity index is 1.55. The molecule has 3 rings (SSSR count). The van der Waals surface area contributed by atoms with Crippen molar-refractivity contribution in [1.29, 1.82) is 0 Å². The van der Waals surface area contributed by atoms with Crippen LogP contribution in [0.3, 0.4) is 0 Å². The number of hydrogen-bond donors (Lipinski definition) is 1. The summed E-state index contributed by atoms with van der Waals surface area (Å²) in [5.74, 6) is 0.866. The largest absolute Gasteiger partial charge is 0.338 e. The van der Waals surface area contributed by atoms with E-state index in [9.17, 15) is 4.79 Å². The van der Waals surface area contributed by atoms with E-state index >= 15 is 0 Å². The van der Waals surface area contributed by atoms with Crippen molar-refractivity contribution >= 4 is 6.03 Å². The second kappa shape index (κ2) is 6.43. The van der Waals surface area contributed by atoms with Gasteiger partial charge in [0.2, 0.25) is 0 Å². The molecule has 5 nitrogen and oxygen atoms in total. The third-order valence-electron chi connectivity index (χ3n) is 4.32. The first-order valence-corrected chi connectivity index (χ1v) is 7.92. The van der Waals surface area contributed by atoms with E-state index in [2.05, 4.69) is 27.3 Å². The zero-order valence-electron chi connectivity index (χ0n) is 12.7. The van der Waals surface area contributed by atoms with Crippen LogP contribution in [0, 0.1) is 5.92 Å². The van der Waals surface area contributed by atoms with Gasteiger partial charge in [-0.15, -0.1) is 0 Å². The Morgan fingerprint density at radius 3 is 2.71 bits per heavy atom. The molecule has 5 heteroatoms. The quantitative estimate of drug-likeness (QED) is 0.867. The molecule has 1 aromatic rings. The minimum Gasteiger partial charge on any atom is -0.338 e. The van der Waals surface area contributed by atoms with E-state index < -0.39 is 0 Å². The monoisotopic (exact) mass is 288 g/mol. The molecule has 21 heavy (non-hydrogen) atoms. The van der Waals surface area contributed by atoms with Gasteiger partial charge in [0, 0.05) is 51.2 Å². The molecule has 1 N–H and O–H groups in total. The Kier molecular flexibility index (Phi) is 4.39. The van der Waals surface area contributed by atoms with E-state index in [0.717, 1.165) is 32.1 Å². The fourth-order valence-corrected chi connectivity index (χ4v) is 2.81. The van der Waals surface area contributed by atoms with E-state index in [1.54, 1.807) is 0 Å². The maximum atomic E-state index is 11.8. The van der Waals surface area contributed by atoms with Crippen molar-refractivity contribution < 1.29 is 4.79 Å². The number of carbonyl (C=O) groups is 1. The Labute approximate surface area is 126 Å². The van der Waals surface area contributed by atoms with Crippen LogP contribution in [0.1, 0.15) is 25.3 Å². The van der Waals surface area contributed by atoms with Crippen molar-refractivity contribution in [2.24, 2.45) is 5.92 Å². The number of amides is 2. The first-order valence-electron chi connectivity index (χ1n) is 7.92. The van der Waals surface area contributed by atoms with Crippen molar-refractivity contribution in [3.8, 4) is 0 Å². The number of nitrogens with zero attached hydrogens (tertiary/aromatic N) is 3. The third-order valence-corrected chi connectivity index (χ3v) is 4.32. The van der Waals surface area contributed by atoms with Crippen molar-refractivity contribution in [1.82, 2.24) is 20.1 Å². The standard InChI is InChI=1S/C16H24N4O/c1-2-18-16(21)20-11-15(12-20)19(9-13-3-4-13)10-14-5-7-17-8-6-14/h5-8,13,15H,2-4,9-12H2,1H3,(H,18,21). The van der Waals surface area contributed by atoms with E-state index in [0.29, 0.717) is 12.6 Å².